The normalized spacial score (nSPS) is 22.4. The number of anilines is 1. The summed E-state index contributed by atoms with van der Waals surface area (Å²) in [6.45, 7) is 2.05. The maximum atomic E-state index is 6.49. The number of halogens is 1. The molecule has 1 N–H and O–H groups in total. The molecule has 0 aliphatic heterocycles. The zero-order valence-electron chi connectivity index (χ0n) is 12.5. The van der Waals surface area contributed by atoms with E-state index in [1.54, 1.807) is 7.11 Å². The molecule has 0 spiro atoms. The van der Waals surface area contributed by atoms with Crippen LogP contribution in [0.2, 0.25) is 5.02 Å². The molecule has 2 aromatic rings. The summed E-state index contributed by atoms with van der Waals surface area (Å²) in [5, 5.41) is 5.47. The first-order valence-electron chi connectivity index (χ1n) is 7.54. The number of aryl methyl sites for hydroxylation is 1. The van der Waals surface area contributed by atoms with Crippen molar-refractivity contribution in [3.8, 4) is 0 Å². The lowest BCUT2D eigenvalue weighted by Crippen LogP contribution is -2.37. The summed E-state index contributed by atoms with van der Waals surface area (Å²) in [5.74, 6) is 0. The SMILES string of the molecule is COC1CCCCC1Nc1c(Cl)cc(C)c2ncccc12. The Morgan fingerprint density at radius 3 is 2.95 bits per heavy atom. The number of nitrogens with zero attached hydrogens (tertiary/aromatic N) is 1. The molecule has 0 bridgehead atoms. The minimum atomic E-state index is 0.253. The summed E-state index contributed by atoms with van der Waals surface area (Å²) in [7, 11) is 1.79. The lowest BCUT2D eigenvalue weighted by molar-refractivity contribution is 0.0606. The van der Waals surface area contributed by atoms with Crippen molar-refractivity contribution in [2.45, 2.75) is 44.8 Å². The number of methoxy groups -OCH3 is 1. The maximum Gasteiger partial charge on any atom is 0.0772 e. The van der Waals surface area contributed by atoms with E-state index in [0.29, 0.717) is 6.04 Å². The quantitative estimate of drug-likeness (QED) is 0.902. The fourth-order valence-electron chi connectivity index (χ4n) is 3.26. The predicted octanol–water partition coefficient (Wildman–Crippen LogP) is 4.57. The molecule has 1 aliphatic rings. The van der Waals surface area contributed by atoms with Crippen LogP contribution in [0.3, 0.4) is 0 Å². The Labute approximate surface area is 130 Å². The molecule has 2 atom stereocenters. The van der Waals surface area contributed by atoms with E-state index in [0.717, 1.165) is 40.0 Å². The maximum absolute atomic E-state index is 6.49. The molecular formula is C17H21ClN2O. The zero-order chi connectivity index (χ0) is 14.8. The number of hydrogen-bond acceptors (Lipinski definition) is 3. The fourth-order valence-corrected chi connectivity index (χ4v) is 3.58. The van der Waals surface area contributed by atoms with Gasteiger partial charge < -0.3 is 10.1 Å². The Hall–Kier alpha value is -1.32. The summed E-state index contributed by atoms with van der Waals surface area (Å²) >= 11 is 6.49. The second-order valence-corrected chi connectivity index (χ2v) is 6.17. The summed E-state index contributed by atoms with van der Waals surface area (Å²) in [4.78, 5) is 4.48. The molecule has 1 aromatic carbocycles. The highest BCUT2D eigenvalue weighted by Crippen LogP contribution is 2.35. The lowest BCUT2D eigenvalue weighted by atomic mass is 9.92. The molecule has 3 rings (SSSR count). The number of fused-ring (bicyclic) bond motifs is 1. The van der Waals surface area contributed by atoms with Gasteiger partial charge in [-0.15, -0.1) is 0 Å². The summed E-state index contributed by atoms with van der Waals surface area (Å²) < 4.78 is 5.63. The highest BCUT2D eigenvalue weighted by Gasteiger charge is 2.26. The van der Waals surface area contributed by atoms with E-state index in [9.17, 15) is 0 Å². The lowest BCUT2D eigenvalue weighted by Gasteiger charge is -2.32. The van der Waals surface area contributed by atoms with Gasteiger partial charge in [0, 0.05) is 18.7 Å². The van der Waals surface area contributed by atoms with Crippen LogP contribution in [0.1, 0.15) is 31.2 Å². The highest BCUT2D eigenvalue weighted by atomic mass is 35.5. The van der Waals surface area contributed by atoms with E-state index >= 15 is 0 Å². The minimum Gasteiger partial charge on any atom is -0.379 e. The van der Waals surface area contributed by atoms with Crippen molar-refractivity contribution in [2.75, 3.05) is 12.4 Å². The van der Waals surface area contributed by atoms with E-state index in [-0.39, 0.29) is 6.10 Å². The third kappa shape index (κ3) is 2.85. The van der Waals surface area contributed by atoms with Gasteiger partial charge in [-0.1, -0.05) is 24.4 Å². The molecule has 3 nitrogen and oxygen atoms in total. The zero-order valence-corrected chi connectivity index (χ0v) is 13.3. The number of pyridine rings is 1. The molecule has 1 heterocycles. The van der Waals surface area contributed by atoms with Gasteiger partial charge in [-0.2, -0.15) is 0 Å². The topological polar surface area (TPSA) is 34.1 Å². The van der Waals surface area contributed by atoms with Gasteiger partial charge >= 0.3 is 0 Å². The van der Waals surface area contributed by atoms with Gasteiger partial charge in [0.1, 0.15) is 0 Å². The minimum absolute atomic E-state index is 0.253. The van der Waals surface area contributed by atoms with Gasteiger partial charge in [-0.25, -0.2) is 0 Å². The van der Waals surface area contributed by atoms with Crippen molar-refractivity contribution in [1.29, 1.82) is 0 Å². The number of aromatic nitrogens is 1. The average molecular weight is 305 g/mol. The molecule has 21 heavy (non-hydrogen) atoms. The smallest absolute Gasteiger partial charge is 0.0772 e. The molecule has 112 valence electrons. The van der Waals surface area contributed by atoms with Gasteiger partial charge in [-0.05, 0) is 43.5 Å². The molecule has 0 saturated heterocycles. The van der Waals surface area contributed by atoms with E-state index in [1.807, 2.05) is 25.3 Å². The molecule has 1 aromatic heterocycles. The monoisotopic (exact) mass is 304 g/mol. The van der Waals surface area contributed by atoms with Crippen LogP contribution in [0.5, 0.6) is 0 Å². The second-order valence-electron chi connectivity index (χ2n) is 5.76. The van der Waals surface area contributed by atoms with Crippen LogP contribution in [-0.2, 0) is 4.74 Å². The van der Waals surface area contributed by atoms with Gasteiger partial charge in [0.15, 0.2) is 0 Å². The summed E-state index contributed by atoms with van der Waals surface area (Å²) in [6.07, 6.45) is 6.77. The first-order valence-corrected chi connectivity index (χ1v) is 7.91. The van der Waals surface area contributed by atoms with Crippen molar-refractivity contribution < 1.29 is 4.74 Å². The van der Waals surface area contributed by atoms with E-state index in [4.69, 9.17) is 16.3 Å². The van der Waals surface area contributed by atoms with Crippen LogP contribution in [0.4, 0.5) is 5.69 Å². The van der Waals surface area contributed by atoms with Crippen molar-refractivity contribution in [1.82, 2.24) is 4.98 Å². The van der Waals surface area contributed by atoms with E-state index in [2.05, 4.69) is 16.4 Å². The average Bonchev–Trinajstić information content (AvgIpc) is 2.52. The number of ether oxygens (including phenoxy) is 1. The van der Waals surface area contributed by atoms with E-state index in [1.165, 1.54) is 12.8 Å². The first kappa shape index (κ1) is 14.6. The number of rotatable bonds is 3. The molecule has 1 fully saturated rings. The van der Waals surface area contributed by atoms with Crippen LogP contribution in [0.25, 0.3) is 10.9 Å². The Bertz CT molecular complexity index is 644. The summed E-state index contributed by atoms with van der Waals surface area (Å²) in [5.41, 5.74) is 3.10. The molecule has 1 aliphatic carbocycles. The van der Waals surface area contributed by atoms with Crippen LogP contribution >= 0.6 is 11.6 Å². The van der Waals surface area contributed by atoms with Crippen molar-refractivity contribution in [3.05, 3.63) is 35.0 Å². The van der Waals surface area contributed by atoms with Gasteiger partial charge in [0.05, 0.1) is 28.4 Å². The second kappa shape index (κ2) is 6.20. The largest absolute Gasteiger partial charge is 0.379 e. The first-order chi connectivity index (χ1) is 10.2. The van der Waals surface area contributed by atoms with Crippen molar-refractivity contribution in [3.63, 3.8) is 0 Å². The molecule has 4 heteroatoms. The predicted molar refractivity (Wildman–Crippen MR) is 88.2 cm³/mol. The Morgan fingerprint density at radius 1 is 1.33 bits per heavy atom. The Kier molecular flexibility index (Phi) is 4.32. The van der Waals surface area contributed by atoms with Gasteiger partial charge in [0.2, 0.25) is 0 Å². The van der Waals surface area contributed by atoms with Crippen LogP contribution in [0.15, 0.2) is 24.4 Å². The van der Waals surface area contributed by atoms with Crippen molar-refractivity contribution >= 4 is 28.2 Å². The molecule has 1 saturated carbocycles. The standard InChI is InChI=1S/C17H21ClN2O/c1-11-10-13(18)17(12-6-5-9-19-16(11)12)20-14-7-3-4-8-15(14)21-2/h5-6,9-10,14-15,20H,3-4,7-8H2,1-2H3. The molecule has 2 unspecified atom stereocenters. The summed E-state index contributed by atoms with van der Waals surface area (Å²) in [6, 6.07) is 6.34. The number of hydrogen-bond donors (Lipinski definition) is 1. The van der Waals surface area contributed by atoms with E-state index < -0.39 is 0 Å². The van der Waals surface area contributed by atoms with Gasteiger partial charge in [0.25, 0.3) is 0 Å². The van der Waals surface area contributed by atoms with Crippen LogP contribution in [0, 0.1) is 6.92 Å². The molecule has 0 radical (unpaired) electrons. The number of nitrogens with one attached hydrogen (secondary N) is 1. The van der Waals surface area contributed by atoms with Gasteiger partial charge in [-0.3, -0.25) is 4.98 Å². The third-order valence-electron chi connectivity index (χ3n) is 4.37. The Morgan fingerprint density at radius 2 is 2.14 bits per heavy atom. The third-order valence-corrected chi connectivity index (χ3v) is 4.67. The number of benzene rings is 1. The molecule has 0 amide bonds. The fraction of sp³-hybridized carbons (Fsp3) is 0.471. The Balaban J connectivity index is 2.00. The molecular weight excluding hydrogens is 284 g/mol. The van der Waals surface area contributed by atoms with Crippen LogP contribution in [-0.4, -0.2) is 24.2 Å². The van der Waals surface area contributed by atoms with Crippen molar-refractivity contribution in [2.24, 2.45) is 0 Å². The van der Waals surface area contributed by atoms with Crippen LogP contribution < -0.4 is 5.32 Å². The highest BCUT2D eigenvalue weighted by molar-refractivity contribution is 6.35.